The standard InChI is InChI=1S/C16H10ClNO4/c17-9-1-3-11-12(7-9)16(20)18(15(11)19)10-2-4-13-14(8-10)22-6-5-21-13/h1-4,7-8H,5-6H2. The molecule has 0 atom stereocenters. The van der Waals surface area contributed by atoms with Gasteiger partial charge in [-0.1, -0.05) is 11.6 Å². The van der Waals surface area contributed by atoms with Crippen LogP contribution in [0.4, 0.5) is 5.69 Å². The Morgan fingerprint density at radius 1 is 0.864 bits per heavy atom. The van der Waals surface area contributed by atoms with E-state index >= 15 is 0 Å². The molecule has 0 unspecified atom stereocenters. The molecule has 22 heavy (non-hydrogen) atoms. The largest absolute Gasteiger partial charge is 0.486 e. The van der Waals surface area contributed by atoms with E-state index in [-0.39, 0.29) is 11.8 Å². The number of ether oxygens (including phenoxy) is 2. The molecule has 2 aliphatic rings. The molecule has 0 N–H and O–H groups in total. The molecule has 5 nitrogen and oxygen atoms in total. The van der Waals surface area contributed by atoms with Gasteiger partial charge in [-0.15, -0.1) is 0 Å². The van der Waals surface area contributed by atoms with E-state index in [4.69, 9.17) is 21.1 Å². The number of rotatable bonds is 1. The lowest BCUT2D eigenvalue weighted by Gasteiger charge is -2.21. The highest BCUT2D eigenvalue weighted by Gasteiger charge is 2.37. The van der Waals surface area contributed by atoms with E-state index < -0.39 is 0 Å². The lowest BCUT2D eigenvalue weighted by Crippen LogP contribution is -2.29. The molecule has 110 valence electrons. The first-order valence-corrected chi connectivity index (χ1v) is 7.11. The van der Waals surface area contributed by atoms with Gasteiger partial charge in [-0.2, -0.15) is 0 Å². The van der Waals surface area contributed by atoms with Crippen LogP contribution >= 0.6 is 11.6 Å². The van der Waals surface area contributed by atoms with Crippen molar-refractivity contribution in [3.8, 4) is 11.5 Å². The zero-order valence-electron chi connectivity index (χ0n) is 11.3. The van der Waals surface area contributed by atoms with Gasteiger partial charge < -0.3 is 9.47 Å². The number of anilines is 1. The van der Waals surface area contributed by atoms with Crippen LogP contribution in [0.5, 0.6) is 11.5 Å². The highest BCUT2D eigenvalue weighted by molar-refractivity contribution is 6.36. The number of hydrogen-bond donors (Lipinski definition) is 0. The first-order chi connectivity index (χ1) is 10.6. The van der Waals surface area contributed by atoms with Crippen LogP contribution in [-0.4, -0.2) is 25.0 Å². The second kappa shape index (κ2) is 4.74. The maximum Gasteiger partial charge on any atom is 0.266 e. The number of carbonyl (C=O) groups is 2. The topological polar surface area (TPSA) is 55.8 Å². The molecule has 0 aromatic heterocycles. The van der Waals surface area contributed by atoms with Gasteiger partial charge in [0.2, 0.25) is 0 Å². The number of carbonyl (C=O) groups excluding carboxylic acids is 2. The normalized spacial score (nSPS) is 16.0. The lowest BCUT2D eigenvalue weighted by molar-refractivity contribution is 0.0926. The summed E-state index contributed by atoms with van der Waals surface area (Å²) >= 11 is 5.91. The molecule has 0 radical (unpaired) electrons. The van der Waals surface area contributed by atoms with Gasteiger partial charge in [0.15, 0.2) is 11.5 Å². The fraction of sp³-hybridized carbons (Fsp3) is 0.125. The first kappa shape index (κ1) is 13.2. The zero-order valence-corrected chi connectivity index (χ0v) is 12.1. The number of imide groups is 1. The van der Waals surface area contributed by atoms with E-state index in [2.05, 4.69) is 0 Å². The summed E-state index contributed by atoms with van der Waals surface area (Å²) in [6, 6.07) is 9.67. The minimum absolute atomic E-state index is 0.312. The minimum atomic E-state index is -0.390. The number of nitrogens with zero attached hydrogens (tertiary/aromatic N) is 1. The first-order valence-electron chi connectivity index (χ1n) is 6.73. The van der Waals surface area contributed by atoms with Crippen molar-refractivity contribution in [2.75, 3.05) is 18.1 Å². The summed E-state index contributed by atoms with van der Waals surface area (Å²) in [6.45, 7) is 0.923. The molecule has 0 bridgehead atoms. The Morgan fingerprint density at radius 2 is 1.59 bits per heavy atom. The smallest absolute Gasteiger partial charge is 0.266 e. The maximum atomic E-state index is 12.5. The van der Waals surface area contributed by atoms with Gasteiger partial charge in [-0.3, -0.25) is 9.59 Å². The molecular weight excluding hydrogens is 306 g/mol. The Balaban J connectivity index is 1.78. The van der Waals surface area contributed by atoms with E-state index in [0.717, 1.165) is 4.90 Å². The number of benzene rings is 2. The van der Waals surface area contributed by atoms with Gasteiger partial charge in [0.05, 0.1) is 16.8 Å². The lowest BCUT2D eigenvalue weighted by atomic mass is 10.1. The van der Waals surface area contributed by atoms with Crippen LogP contribution in [0.2, 0.25) is 5.02 Å². The second-order valence-corrected chi connectivity index (χ2v) is 5.40. The van der Waals surface area contributed by atoms with Crippen molar-refractivity contribution < 1.29 is 19.1 Å². The van der Waals surface area contributed by atoms with Crippen molar-refractivity contribution in [3.05, 3.63) is 52.5 Å². The summed E-state index contributed by atoms with van der Waals surface area (Å²) in [4.78, 5) is 26.1. The SMILES string of the molecule is O=C1c2ccc(Cl)cc2C(=O)N1c1ccc2c(c1)OCCO2. The van der Waals surface area contributed by atoms with Gasteiger partial charge in [0, 0.05) is 11.1 Å². The van der Waals surface area contributed by atoms with Gasteiger partial charge in [0.1, 0.15) is 13.2 Å². The summed E-state index contributed by atoms with van der Waals surface area (Å²) in [7, 11) is 0. The quantitative estimate of drug-likeness (QED) is 0.759. The van der Waals surface area contributed by atoms with E-state index in [9.17, 15) is 9.59 Å². The van der Waals surface area contributed by atoms with Crippen molar-refractivity contribution >= 4 is 29.1 Å². The number of fused-ring (bicyclic) bond motifs is 2. The van der Waals surface area contributed by atoms with Crippen LogP contribution in [0.15, 0.2) is 36.4 Å². The van der Waals surface area contributed by atoms with Crippen LogP contribution in [0.25, 0.3) is 0 Å². The Kier molecular flexibility index (Phi) is 2.84. The molecule has 2 heterocycles. The molecule has 0 fully saturated rings. The van der Waals surface area contributed by atoms with Crippen molar-refractivity contribution in [1.29, 1.82) is 0 Å². The molecule has 2 aromatic rings. The van der Waals surface area contributed by atoms with Crippen LogP contribution in [0, 0.1) is 0 Å². The molecule has 6 heteroatoms. The highest BCUT2D eigenvalue weighted by atomic mass is 35.5. The number of hydrogen-bond acceptors (Lipinski definition) is 4. The summed E-state index contributed by atoms with van der Waals surface area (Å²) < 4.78 is 10.9. The Morgan fingerprint density at radius 3 is 2.41 bits per heavy atom. The Labute approximate surface area is 131 Å². The molecule has 0 spiro atoms. The predicted molar refractivity (Wildman–Crippen MR) is 80.0 cm³/mol. The zero-order chi connectivity index (χ0) is 15.3. The third kappa shape index (κ3) is 1.86. The van der Waals surface area contributed by atoms with E-state index in [1.807, 2.05) is 0 Å². The van der Waals surface area contributed by atoms with Crippen LogP contribution in [0.1, 0.15) is 20.7 Å². The van der Waals surface area contributed by atoms with E-state index in [0.29, 0.717) is 46.5 Å². The summed E-state index contributed by atoms with van der Waals surface area (Å²) in [5.74, 6) is 0.375. The molecule has 0 aliphatic carbocycles. The Hall–Kier alpha value is -2.53. The highest BCUT2D eigenvalue weighted by Crippen LogP contribution is 2.37. The minimum Gasteiger partial charge on any atom is -0.486 e. The average molecular weight is 316 g/mol. The third-order valence-electron chi connectivity index (χ3n) is 3.63. The molecule has 2 aromatic carbocycles. The predicted octanol–water partition coefficient (Wildman–Crippen LogP) is 2.91. The summed E-state index contributed by atoms with van der Waals surface area (Å²) in [5, 5.41) is 0.420. The van der Waals surface area contributed by atoms with Crippen LogP contribution < -0.4 is 14.4 Å². The summed E-state index contributed by atoms with van der Waals surface area (Å²) in [6.07, 6.45) is 0. The van der Waals surface area contributed by atoms with E-state index in [1.165, 1.54) is 6.07 Å². The van der Waals surface area contributed by atoms with Gasteiger partial charge in [0.25, 0.3) is 11.8 Å². The molecular formula is C16H10ClNO4. The molecule has 2 aliphatic heterocycles. The van der Waals surface area contributed by atoms with Gasteiger partial charge in [-0.05, 0) is 30.3 Å². The number of amides is 2. The monoisotopic (exact) mass is 315 g/mol. The van der Waals surface area contributed by atoms with Crippen LogP contribution in [-0.2, 0) is 0 Å². The second-order valence-electron chi connectivity index (χ2n) is 4.96. The Bertz CT molecular complexity index is 818. The third-order valence-corrected chi connectivity index (χ3v) is 3.87. The van der Waals surface area contributed by atoms with Crippen molar-refractivity contribution in [1.82, 2.24) is 0 Å². The number of halogens is 1. The molecule has 4 rings (SSSR count). The van der Waals surface area contributed by atoms with Crippen molar-refractivity contribution in [2.24, 2.45) is 0 Å². The van der Waals surface area contributed by atoms with E-state index in [1.54, 1.807) is 30.3 Å². The molecule has 0 saturated carbocycles. The molecule has 2 amide bonds. The average Bonchev–Trinajstić information content (AvgIpc) is 2.78. The maximum absolute atomic E-state index is 12.5. The van der Waals surface area contributed by atoms with Gasteiger partial charge in [-0.25, -0.2) is 4.90 Å². The van der Waals surface area contributed by atoms with Crippen LogP contribution in [0.3, 0.4) is 0 Å². The summed E-state index contributed by atoms with van der Waals surface area (Å²) in [5.41, 5.74) is 1.11. The fourth-order valence-corrected chi connectivity index (χ4v) is 2.79. The molecule has 0 saturated heterocycles. The van der Waals surface area contributed by atoms with Crippen molar-refractivity contribution in [3.63, 3.8) is 0 Å². The van der Waals surface area contributed by atoms with Crippen molar-refractivity contribution in [2.45, 2.75) is 0 Å². The fourth-order valence-electron chi connectivity index (χ4n) is 2.62. The van der Waals surface area contributed by atoms with Gasteiger partial charge >= 0.3 is 0 Å².